The van der Waals surface area contributed by atoms with Crippen LogP contribution in [0.25, 0.3) is 10.9 Å². The third kappa shape index (κ3) is 3.92. The van der Waals surface area contributed by atoms with E-state index in [1.165, 1.54) is 0 Å². The second kappa shape index (κ2) is 8.43. The van der Waals surface area contributed by atoms with E-state index in [4.69, 9.17) is 16.9 Å². The summed E-state index contributed by atoms with van der Waals surface area (Å²) in [6.45, 7) is 2.99. The molecule has 0 bridgehead atoms. The van der Waals surface area contributed by atoms with Gasteiger partial charge >= 0.3 is 0 Å². The van der Waals surface area contributed by atoms with Gasteiger partial charge in [0, 0.05) is 34.3 Å². The number of aromatic nitrogens is 2. The van der Waals surface area contributed by atoms with E-state index in [0.29, 0.717) is 35.9 Å². The SMILES string of the molecule is C#Cc1ccc(CN(C(=O)c2ccc3nc(N)c4c(c3c2)COC4)C(C)CC#N)nc1. The third-order valence-electron chi connectivity index (χ3n) is 5.48. The molecule has 154 valence electrons. The summed E-state index contributed by atoms with van der Waals surface area (Å²) in [5.74, 6) is 2.81. The number of nitrogens with two attached hydrogens (primary N) is 1. The number of carbonyl (C=O) groups is 1. The highest BCUT2D eigenvalue weighted by molar-refractivity contribution is 5.99. The van der Waals surface area contributed by atoms with Gasteiger partial charge in [-0.3, -0.25) is 9.78 Å². The molecule has 3 heterocycles. The molecule has 0 spiro atoms. The summed E-state index contributed by atoms with van der Waals surface area (Å²) in [5, 5.41) is 10.0. The van der Waals surface area contributed by atoms with Crippen LogP contribution >= 0.6 is 0 Å². The standard InChI is InChI=1S/C24H21N5O2/c1-3-16-4-6-18(27-11-16)12-29(15(2)8-9-25)24(30)17-5-7-22-19(10-17)20-13-31-14-21(20)23(26)28-22/h1,4-7,10-11,15H,8,12-14H2,2H3,(H2,26,28). The Labute approximate surface area is 180 Å². The molecule has 1 aliphatic heterocycles. The van der Waals surface area contributed by atoms with Crippen molar-refractivity contribution < 1.29 is 9.53 Å². The number of pyridine rings is 2. The van der Waals surface area contributed by atoms with Gasteiger partial charge < -0.3 is 15.4 Å². The van der Waals surface area contributed by atoms with Gasteiger partial charge in [-0.2, -0.15) is 5.26 Å². The topological polar surface area (TPSA) is 105 Å². The molecule has 1 atom stereocenters. The quantitative estimate of drug-likeness (QED) is 0.647. The molecule has 0 radical (unpaired) electrons. The Kier molecular flexibility index (Phi) is 5.53. The first-order valence-electron chi connectivity index (χ1n) is 9.90. The maximum atomic E-state index is 13.5. The molecular weight excluding hydrogens is 390 g/mol. The van der Waals surface area contributed by atoms with Crippen molar-refractivity contribution in [1.82, 2.24) is 14.9 Å². The summed E-state index contributed by atoms with van der Waals surface area (Å²) in [5.41, 5.74) is 10.5. The van der Waals surface area contributed by atoms with Crippen molar-refractivity contribution in [2.75, 3.05) is 5.73 Å². The second-order valence-electron chi connectivity index (χ2n) is 7.51. The van der Waals surface area contributed by atoms with Crippen LogP contribution in [0.1, 0.15) is 46.1 Å². The lowest BCUT2D eigenvalue weighted by Gasteiger charge is -2.28. The van der Waals surface area contributed by atoms with Gasteiger partial charge in [0.1, 0.15) is 5.82 Å². The molecule has 0 saturated carbocycles. The summed E-state index contributed by atoms with van der Waals surface area (Å²) < 4.78 is 5.55. The van der Waals surface area contributed by atoms with E-state index in [0.717, 1.165) is 22.0 Å². The van der Waals surface area contributed by atoms with E-state index < -0.39 is 0 Å². The Morgan fingerprint density at radius 2 is 2.13 bits per heavy atom. The van der Waals surface area contributed by atoms with Crippen LogP contribution in [-0.2, 0) is 24.5 Å². The highest BCUT2D eigenvalue weighted by Gasteiger charge is 2.24. The summed E-state index contributed by atoms with van der Waals surface area (Å²) in [7, 11) is 0. The van der Waals surface area contributed by atoms with Crippen molar-refractivity contribution >= 4 is 22.6 Å². The van der Waals surface area contributed by atoms with Crippen molar-refractivity contribution in [2.24, 2.45) is 0 Å². The summed E-state index contributed by atoms with van der Waals surface area (Å²) in [6.07, 6.45) is 7.21. The fraction of sp³-hybridized carbons (Fsp3) is 0.250. The number of carbonyl (C=O) groups excluding carboxylic acids is 1. The van der Waals surface area contributed by atoms with Gasteiger partial charge in [-0.15, -0.1) is 6.42 Å². The fourth-order valence-electron chi connectivity index (χ4n) is 3.72. The third-order valence-corrected chi connectivity index (χ3v) is 5.48. The maximum Gasteiger partial charge on any atom is 0.254 e. The number of hydrogen-bond donors (Lipinski definition) is 1. The molecule has 1 unspecified atom stereocenters. The maximum absolute atomic E-state index is 13.5. The predicted molar refractivity (Wildman–Crippen MR) is 116 cm³/mol. The fourth-order valence-corrected chi connectivity index (χ4v) is 3.72. The molecule has 1 aliphatic rings. The number of nitrogen functional groups attached to an aromatic ring is 1. The van der Waals surface area contributed by atoms with Gasteiger partial charge in [0.25, 0.3) is 5.91 Å². The zero-order chi connectivity index (χ0) is 22.0. The van der Waals surface area contributed by atoms with Crippen LogP contribution in [0.2, 0.25) is 0 Å². The molecule has 7 nitrogen and oxygen atoms in total. The van der Waals surface area contributed by atoms with Crippen LogP contribution in [0.3, 0.4) is 0 Å². The molecule has 3 aromatic rings. The number of nitrogens with zero attached hydrogens (tertiary/aromatic N) is 4. The van der Waals surface area contributed by atoms with Crippen molar-refractivity contribution in [3.8, 4) is 18.4 Å². The molecule has 0 aliphatic carbocycles. The van der Waals surface area contributed by atoms with Crippen molar-refractivity contribution in [3.63, 3.8) is 0 Å². The van der Waals surface area contributed by atoms with Gasteiger partial charge in [0.2, 0.25) is 0 Å². The number of anilines is 1. The molecule has 1 aromatic carbocycles. The lowest BCUT2D eigenvalue weighted by atomic mass is 10.0. The highest BCUT2D eigenvalue weighted by atomic mass is 16.5. The molecule has 1 amide bonds. The molecular formula is C24H21N5O2. The number of nitriles is 1. The molecule has 2 aromatic heterocycles. The molecule has 0 saturated heterocycles. The minimum atomic E-state index is -0.291. The van der Waals surface area contributed by atoms with Crippen LogP contribution in [0.5, 0.6) is 0 Å². The average molecular weight is 411 g/mol. The summed E-state index contributed by atoms with van der Waals surface area (Å²) in [6, 6.07) is 10.8. The number of fused-ring (bicyclic) bond motifs is 3. The van der Waals surface area contributed by atoms with E-state index in [-0.39, 0.29) is 24.9 Å². The Bertz CT molecular complexity index is 1240. The number of ether oxygens (including phenoxy) is 1. The Hall–Kier alpha value is -3.94. The zero-order valence-electron chi connectivity index (χ0n) is 17.1. The van der Waals surface area contributed by atoms with Crippen LogP contribution in [-0.4, -0.2) is 26.8 Å². The number of rotatable bonds is 5. The van der Waals surface area contributed by atoms with E-state index in [1.54, 1.807) is 35.4 Å². The van der Waals surface area contributed by atoms with E-state index in [2.05, 4.69) is 22.0 Å². The lowest BCUT2D eigenvalue weighted by Crippen LogP contribution is -2.38. The Morgan fingerprint density at radius 1 is 1.32 bits per heavy atom. The molecule has 7 heteroatoms. The summed E-state index contributed by atoms with van der Waals surface area (Å²) >= 11 is 0. The Balaban J connectivity index is 1.70. The number of terminal acetylenes is 1. The smallest absolute Gasteiger partial charge is 0.254 e. The van der Waals surface area contributed by atoms with E-state index >= 15 is 0 Å². The molecule has 2 N–H and O–H groups in total. The van der Waals surface area contributed by atoms with E-state index in [9.17, 15) is 10.1 Å². The lowest BCUT2D eigenvalue weighted by molar-refractivity contribution is 0.0676. The van der Waals surface area contributed by atoms with Crippen LogP contribution in [0, 0.1) is 23.7 Å². The first-order valence-corrected chi connectivity index (χ1v) is 9.90. The van der Waals surface area contributed by atoms with Crippen molar-refractivity contribution in [3.05, 3.63) is 64.5 Å². The largest absolute Gasteiger partial charge is 0.383 e. The molecule has 0 fully saturated rings. The molecule has 31 heavy (non-hydrogen) atoms. The van der Waals surface area contributed by atoms with E-state index in [1.807, 2.05) is 13.0 Å². The monoisotopic (exact) mass is 411 g/mol. The highest BCUT2D eigenvalue weighted by Crippen LogP contribution is 2.32. The molecule has 4 rings (SSSR count). The van der Waals surface area contributed by atoms with Crippen LogP contribution in [0.15, 0.2) is 36.5 Å². The first kappa shape index (κ1) is 20.3. The first-order chi connectivity index (χ1) is 15.0. The number of amides is 1. The van der Waals surface area contributed by atoms with Gasteiger partial charge in [-0.05, 0) is 42.8 Å². The van der Waals surface area contributed by atoms with Gasteiger partial charge in [-0.1, -0.05) is 5.92 Å². The van der Waals surface area contributed by atoms with Gasteiger partial charge in [0.05, 0.1) is 43.5 Å². The number of benzene rings is 1. The summed E-state index contributed by atoms with van der Waals surface area (Å²) in [4.78, 5) is 23.9. The predicted octanol–water partition coefficient (Wildman–Crippen LogP) is 3.17. The number of hydrogen-bond acceptors (Lipinski definition) is 6. The average Bonchev–Trinajstić information content (AvgIpc) is 3.28. The van der Waals surface area contributed by atoms with Crippen molar-refractivity contribution in [1.29, 1.82) is 5.26 Å². The normalized spacial score (nSPS) is 13.3. The van der Waals surface area contributed by atoms with Crippen LogP contribution < -0.4 is 5.73 Å². The van der Waals surface area contributed by atoms with Gasteiger partial charge in [0.15, 0.2) is 0 Å². The zero-order valence-corrected chi connectivity index (χ0v) is 17.1. The van der Waals surface area contributed by atoms with Gasteiger partial charge in [-0.25, -0.2) is 4.98 Å². The minimum Gasteiger partial charge on any atom is -0.383 e. The Morgan fingerprint density at radius 3 is 2.84 bits per heavy atom. The minimum absolute atomic E-state index is 0.183. The van der Waals surface area contributed by atoms with Crippen molar-refractivity contribution in [2.45, 2.75) is 39.1 Å². The van der Waals surface area contributed by atoms with Crippen LogP contribution in [0.4, 0.5) is 5.82 Å². The second-order valence-corrected chi connectivity index (χ2v) is 7.51.